The van der Waals surface area contributed by atoms with Crippen molar-refractivity contribution in [3.63, 3.8) is 0 Å². The summed E-state index contributed by atoms with van der Waals surface area (Å²) in [4.78, 5) is 0. The van der Waals surface area contributed by atoms with E-state index in [2.05, 4.69) is 0 Å². The molecule has 0 aromatic carbocycles. The topological polar surface area (TPSA) is 44.5 Å². The maximum Gasteiger partial charge on any atom is 0.104 e. The Kier molecular flexibility index (Phi) is 3.30. The summed E-state index contributed by atoms with van der Waals surface area (Å²) in [7, 11) is 0. The van der Waals surface area contributed by atoms with Gasteiger partial charge in [0.05, 0.1) is 6.61 Å². The average molecular weight is 159 g/mol. The molecule has 3 nitrogen and oxygen atoms in total. The molecule has 1 atom stereocenters. The van der Waals surface area contributed by atoms with E-state index in [1.54, 1.807) is 0 Å². The molecule has 3 heteroatoms. The van der Waals surface area contributed by atoms with Crippen LogP contribution in [0, 0.1) is 0 Å². The van der Waals surface area contributed by atoms with Gasteiger partial charge in [0, 0.05) is 19.8 Å². The first kappa shape index (κ1) is 8.97. The van der Waals surface area contributed by atoms with Gasteiger partial charge in [-0.15, -0.1) is 0 Å². The highest BCUT2D eigenvalue weighted by atomic mass is 16.5. The number of rotatable bonds is 3. The van der Waals surface area contributed by atoms with E-state index >= 15 is 0 Å². The molecule has 1 unspecified atom stereocenters. The van der Waals surface area contributed by atoms with E-state index in [-0.39, 0.29) is 5.60 Å². The second kappa shape index (κ2) is 4.04. The molecule has 2 N–H and O–H groups in total. The van der Waals surface area contributed by atoms with Crippen molar-refractivity contribution in [1.29, 1.82) is 0 Å². The number of hydrogen-bond donors (Lipinski definition) is 1. The van der Waals surface area contributed by atoms with Crippen LogP contribution in [0.3, 0.4) is 0 Å². The zero-order chi connectivity index (χ0) is 8.16. The smallest absolute Gasteiger partial charge is 0.104 e. The molecule has 0 amide bonds. The van der Waals surface area contributed by atoms with Crippen LogP contribution in [0.25, 0.3) is 0 Å². The summed E-state index contributed by atoms with van der Waals surface area (Å²) < 4.78 is 10.9. The largest absolute Gasteiger partial charge is 0.378 e. The SMILES string of the molecule is CCOC1(CN)CCCOC1. The highest BCUT2D eigenvalue weighted by Crippen LogP contribution is 2.21. The van der Waals surface area contributed by atoms with E-state index in [9.17, 15) is 0 Å². The van der Waals surface area contributed by atoms with Gasteiger partial charge in [-0.25, -0.2) is 0 Å². The molecule has 1 rings (SSSR count). The van der Waals surface area contributed by atoms with Crippen LogP contribution < -0.4 is 5.73 Å². The summed E-state index contributed by atoms with van der Waals surface area (Å²) in [5, 5.41) is 0. The minimum atomic E-state index is -0.174. The van der Waals surface area contributed by atoms with Crippen molar-refractivity contribution in [2.75, 3.05) is 26.4 Å². The van der Waals surface area contributed by atoms with Crippen LogP contribution in [-0.2, 0) is 9.47 Å². The molecule has 1 aliphatic rings. The predicted octanol–water partition coefficient (Wildman–Crippen LogP) is 0.531. The van der Waals surface area contributed by atoms with Crippen LogP contribution in [0.1, 0.15) is 19.8 Å². The van der Waals surface area contributed by atoms with Gasteiger partial charge in [0.25, 0.3) is 0 Å². The van der Waals surface area contributed by atoms with Gasteiger partial charge >= 0.3 is 0 Å². The van der Waals surface area contributed by atoms with Gasteiger partial charge in [-0.2, -0.15) is 0 Å². The zero-order valence-electron chi connectivity index (χ0n) is 7.14. The molecule has 1 aliphatic heterocycles. The summed E-state index contributed by atoms with van der Waals surface area (Å²) in [6.45, 7) is 4.81. The molecule has 0 radical (unpaired) electrons. The van der Waals surface area contributed by atoms with Gasteiger partial charge in [0.15, 0.2) is 0 Å². The lowest BCUT2D eigenvalue weighted by molar-refractivity contribution is -0.119. The molecular formula is C8H17NO2. The van der Waals surface area contributed by atoms with Crippen LogP contribution in [0.4, 0.5) is 0 Å². The summed E-state index contributed by atoms with van der Waals surface area (Å²) in [5.74, 6) is 0. The molecule has 1 heterocycles. The quantitative estimate of drug-likeness (QED) is 0.653. The number of hydrogen-bond acceptors (Lipinski definition) is 3. The van der Waals surface area contributed by atoms with E-state index < -0.39 is 0 Å². The molecule has 0 aromatic rings. The highest BCUT2D eigenvalue weighted by Gasteiger charge is 2.31. The lowest BCUT2D eigenvalue weighted by Gasteiger charge is -2.35. The first-order valence-electron chi connectivity index (χ1n) is 4.25. The van der Waals surface area contributed by atoms with Crippen molar-refractivity contribution >= 4 is 0 Å². The van der Waals surface area contributed by atoms with Crippen molar-refractivity contribution in [3.05, 3.63) is 0 Å². The Morgan fingerprint density at radius 3 is 2.91 bits per heavy atom. The van der Waals surface area contributed by atoms with E-state index in [1.165, 1.54) is 0 Å². The average Bonchev–Trinajstić information content (AvgIpc) is 2.07. The maximum atomic E-state index is 5.62. The molecule has 0 saturated carbocycles. The summed E-state index contributed by atoms with van der Waals surface area (Å²) in [6.07, 6.45) is 2.11. The maximum absolute atomic E-state index is 5.62. The molecule has 66 valence electrons. The highest BCUT2D eigenvalue weighted by molar-refractivity contribution is 4.84. The number of nitrogens with two attached hydrogens (primary N) is 1. The second-order valence-corrected chi connectivity index (χ2v) is 2.98. The zero-order valence-corrected chi connectivity index (χ0v) is 7.14. The fourth-order valence-electron chi connectivity index (χ4n) is 1.47. The molecular weight excluding hydrogens is 142 g/mol. The van der Waals surface area contributed by atoms with Crippen molar-refractivity contribution in [1.82, 2.24) is 0 Å². The first-order chi connectivity index (χ1) is 5.33. The minimum absolute atomic E-state index is 0.174. The van der Waals surface area contributed by atoms with E-state index in [1.807, 2.05) is 6.92 Å². The molecule has 1 fully saturated rings. The van der Waals surface area contributed by atoms with Crippen molar-refractivity contribution in [3.8, 4) is 0 Å². The molecule has 0 aliphatic carbocycles. The van der Waals surface area contributed by atoms with E-state index in [4.69, 9.17) is 15.2 Å². The van der Waals surface area contributed by atoms with E-state index in [0.717, 1.165) is 26.1 Å². The van der Waals surface area contributed by atoms with Gasteiger partial charge in [-0.3, -0.25) is 0 Å². The molecule has 0 spiro atoms. The van der Waals surface area contributed by atoms with E-state index in [0.29, 0.717) is 13.2 Å². The van der Waals surface area contributed by atoms with Gasteiger partial charge in [-0.05, 0) is 19.8 Å². The van der Waals surface area contributed by atoms with Crippen LogP contribution >= 0.6 is 0 Å². The van der Waals surface area contributed by atoms with Crippen LogP contribution in [0.15, 0.2) is 0 Å². The molecule has 11 heavy (non-hydrogen) atoms. The minimum Gasteiger partial charge on any atom is -0.378 e. The Hall–Kier alpha value is -0.120. The fourth-order valence-corrected chi connectivity index (χ4v) is 1.47. The standard InChI is InChI=1S/C8H17NO2/c1-2-11-8(6-9)4-3-5-10-7-8/h2-7,9H2,1H3. The second-order valence-electron chi connectivity index (χ2n) is 2.98. The lowest BCUT2D eigenvalue weighted by atomic mass is 9.97. The monoisotopic (exact) mass is 159 g/mol. The van der Waals surface area contributed by atoms with Gasteiger partial charge < -0.3 is 15.2 Å². The summed E-state index contributed by atoms with van der Waals surface area (Å²) in [6, 6.07) is 0. The fraction of sp³-hybridized carbons (Fsp3) is 1.00. The van der Waals surface area contributed by atoms with Crippen LogP contribution in [0.5, 0.6) is 0 Å². The summed E-state index contributed by atoms with van der Waals surface area (Å²) >= 11 is 0. The van der Waals surface area contributed by atoms with Crippen LogP contribution in [-0.4, -0.2) is 32.0 Å². The predicted molar refractivity (Wildman–Crippen MR) is 43.5 cm³/mol. The Morgan fingerprint density at radius 1 is 1.64 bits per heavy atom. The van der Waals surface area contributed by atoms with Gasteiger partial charge in [-0.1, -0.05) is 0 Å². The molecule has 1 saturated heterocycles. The number of ether oxygens (including phenoxy) is 2. The molecule has 0 bridgehead atoms. The van der Waals surface area contributed by atoms with Crippen LogP contribution in [0.2, 0.25) is 0 Å². The normalized spacial score (nSPS) is 32.2. The molecule has 0 aromatic heterocycles. The van der Waals surface area contributed by atoms with Gasteiger partial charge in [0.2, 0.25) is 0 Å². The first-order valence-corrected chi connectivity index (χ1v) is 4.25. The van der Waals surface area contributed by atoms with Crippen molar-refractivity contribution in [2.45, 2.75) is 25.4 Å². The Bertz CT molecular complexity index is 105. The third kappa shape index (κ3) is 2.15. The van der Waals surface area contributed by atoms with Crippen molar-refractivity contribution in [2.24, 2.45) is 5.73 Å². The summed E-state index contributed by atoms with van der Waals surface area (Å²) in [5.41, 5.74) is 5.45. The Labute approximate surface area is 67.9 Å². The third-order valence-corrected chi connectivity index (χ3v) is 2.11. The Morgan fingerprint density at radius 2 is 2.45 bits per heavy atom. The lowest BCUT2D eigenvalue weighted by Crippen LogP contribution is -2.47. The third-order valence-electron chi connectivity index (χ3n) is 2.11. The Balaban J connectivity index is 2.42. The van der Waals surface area contributed by atoms with Gasteiger partial charge in [0.1, 0.15) is 5.60 Å². The van der Waals surface area contributed by atoms with Crippen molar-refractivity contribution < 1.29 is 9.47 Å².